The Hall–Kier alpha value is -2.41. The second-order valence-corrected chi connectivity index (χ2v) is 4.42. The molecule has 0 spiro atoms. The van der Waals surface area contributed by atoms with Gasteiger partial charge in [0.15, 0.2) is 0 Å². The molecule has 4 N–H and O–H groups in total. The van der Waals surface area contributed by atoms with Crippen LogP contribution in [-0.2, 0) is 6.54 Å². The predicted octanol–water partition coefficient (Wildman–Crippen LogP) is 0.825. The molecule has 0 saturated heterocycles. The van der Waals surface area contributed by atoms with Crippen LogP contribution in [0, 0.1) is 0 Å². The Kier molecular flexibility index (Phi) is 2.88. The Morgan fingerprint density at radius 3 is 2.95 bits per heavy atom. The molecule has 0 saturated carbocycles. The fourth-order valence-electron chi connectivity index (χ4n) is 2.00. The van der Waals surface area contributed by atoms with Crippen LogP contribution in [-0.4, -0.2) is 25.1 Å². The summed E-state index contributed by atoms with van der Waals surface area (Å²) in [6, 6.07) is 6.00. The van der Waals surface area contributed by atoms with E-state index in [-0.39, 0.29) is 11.7 Å². The largest absolute Gasteiger partial charge is 0.323 e. The van der Waals surface area contributed by atoms with Crippen LogP contribution in [0.15, 0.2) is 29.3 Å². The monoisotopic (exact) mass is 258 g/mol. The molecule has 19 heavy (non-hydrogen) atoms. The summed E-state index contributed by atoms with van der Waals surface area (Å²) in [6.45, 7) is 2.67. The number of nitrogens with one attached hydrogen (secondary N) is 4. The lowest BCUT2D eigenvalue weighted by Crippen LogP contribution is -2.18. The lowest BCUT2D eigenvalue weighted by Gasteiger charge is -2.13. The maximum Gasteiger partial charge on any atom is 0.323 e. The van der Waals surface area contributed by atoms with Crippen molar-refractivity contribution in [3.63, 3.8) is 0 Å². The summed E-state index contributed by atoms with van der Waals surface area (Å²) in [4.78, 5) is 20.7. The van der Waals surface area contributed by atoms with Gasteiger partial charge in [0.1, 0.15) is 12.2 Å². The highest BCUT2D eigenvalue weighted by atomic mass is 16.1. The Bertz CT molecular complexity index is 726. The van der Waals surface area contributed by atoms with Gasteiger partial charge in [0.2, 0.25) is 0 Å². The molecule has 0 bridgehead atoms. The van der Waals surface area contributed by atoms with E-state index in [1.807, 2.05) is 18.2 Å². The topological polar surface area (TPSA) is 102 Å². The predicted molar refractivity (Wildman–Crippen MR) is 70.6 cm³/mol. The summed E-state index contributed by atoms with van der Waals surface area (Å²) in [6.07, 6.45) is 1.48. The molecule has 1 unspecified atom stereocenters. The van der Waals surface area contributed by atoms with Crippen LogP contribution in [0.3, 0.4) is 0 Å². The van der Waals surface area contributed by atoms with Crippen LogP contribution in [0.4, 0.5) is 0 Å². The van der Waals surface area contributed by atoms with Gasteiger partial charge in [-0.25, -0.2) is 9.78 Å². The number of nitrogens with zero attached hydrogens (tertiary/aromatic N) is 2. The molecule has 3 rings (SSSR count). The normalized spacial score (nSPS) is 12.9. The number of H-pyrrole nitrogens is 3. The maximum atomic E-state index is 11.2. The first-order valence-electron chi connectivity index (χ1n) is 6.02. The third-order valence-corrected chi connectivity index (χ3v) is 3.08. The molecule has 98 valence electrons. The molecular weight excluding hydrogens is 244 g/mol. The molecule has 1 atom stereocenters. The van der Waals surface area contributed by atoms with E-state index >= 15 is 0 Å². The fraction of sp³-hybridized carbons (Fsp3) is 0.250. The summed E-state index contributed by atoms with van der Waals surface area (Å²) in [7, 11) is 0. The molecule has 7 nitrogen and oxygen atoms in total. The third kappa shape index (κ3) is 2.41. The number of fused-ring (bicyclic) bond motifs is 1. The van der Waals surface area contributed by atoms with Crippen molar-refractivity contribution in [3.8, 4) is 0 Å². The van der Waals surface area contributed by atoms with Gasteiger partial charge in [0, 0.05) is 6.04 Å². The second kappa shape index (κ2) is 4.69. The Balaban J connectivity index is 1.77. The second-order valence-electron chi connectivity index (χ2n) is 4.42. The molecule has 2 heterocycles. The van der Waals surface area contributed by atoms with Crippen molar-refractivity contribution in [2.24, 2.45) is 0 Å². The average Bonchev–Trinajstić information content (AvgIpc) is 3.02. The lowest BCUT2D eigenvalue weighted by molar-refractivity contribution is 0.560. The van der Waals surface area contributed by atoms with E-state index in [1.165, 1.54) is 6.33 Å². The molecule has 7 heteroatoms. The minimum Gasteiger partial charge on any atom is -0.306 e. The number of aromatic amines is 3. The van der Waals surface area contributed by atoms with E-state index in [2.05, 4.69) is 37.4 Å². The van der Waals surface area contributed by atoms with Crippen LogP contribution >= 0.6 is 0 Å². The molecule has 1 aromatic carbocycles. The van der Waals surface area contributed by atoms with Gasteiger partial charge in [-0.15, -0.1) is 0 Å². The summed E-state index contributed by atoms with van der Waals surface area (Å²) in [5.74, 6) is 0.794. The molecule has 0 fully saturated rings. The maximum absolute atomic E-state index is 11.2. The van der Waals surface area contributed by atoms with Gasteiger partial charge in [0.25, 0.3) is 0 Å². The molecule has 2 aromatic heterocycles. The van der Waals surface area contributed by atoms with Crippen molar-refractivity contribution in [2.45, 2.75) is 19.5 Å². The zero-order valence-corrected chi connectivity index (χ0v) is 10.4. The zero-order valence-electron chi connectivity index (χ0n) is 10.4. The summed E-state index contributed by atoms with van der Waals surface area (Å²) >= 11 is 0. The molecule has 0 aliphatic carbocycles. The fourth-order valence-corrected chi connectivity index (χ4v) is 2.00. The number of imidazole rings is 1. The van der Waals surface area contributed by atoms with E-state index in [0.717, 1.165) is 22.4 Å². The van der Waals surface area contributed by atoms with Gasteiger partial charge in [-0.05, 0) is 24.6 Å². The van der Waals surface area contributed by atoms with E-state index in [9.17, 15) is 4.79 Å². The number of hydrogen-bond acceptors (Lipinski definition) is 4. The first-order chi connectivity index (χ1) is 9.22. The van der Waals surface area contributed by atoms with Crippen molar-refractivity contribution in [1.82, 2.24) is 30.5 Å². The van der Waals surface area contributed by atoms with Crippen molar-refractivity contribution in [2.75, 3.05) is 0 Å². The van der Waals surface area contributed by atoms with E-state index < -0.39 is 0 Å². The smallest absolute Gasteiger partial charge is 0.306 e. The summed E-state index contributed by atoms with van der Waals surface area (Å²) in [5, 5.41) is 9.93. The Labute approximate surface area is 108 Å². The van der Waals surface area contributed by atoms with Crippen molar-refractivity contribution < 1.29 is 0 Å². The zero-order chi connectivity index (χ0) is 13.2. The molecular formula is C12H14N6O. The molecule has 0 amide bonds. The molecule has 3 aromatic rings. The SMILES string of the molecule is CC(NCc1ncn[nH]1)c1ccc2[nH]c(=O)[nH]c2c1. The van der Waals surface area contributed by atoms with E-state index in [4.69, 9.17) is 0 Å². The average molecular weight is 258 g/mol. The van der Waals surface area contributed by atoms with Crippen molar-refractivity contribution >= 4 is 11.0 Å². The molecule has 0 radical (unpaired) electrons. The first kappa shape index (κ1) is 11.7. The molecule has 0 aliphatic heterocycles. The molecule has 0 aliphatic rings. The van der Waals surface area contributed by atoms with Gasteiger partial charge >= 0.3 is 5.69 Å². The number of rotatable bonds is 4. The Morgan fingerprint density at radius 2 is 2.16 bits per heavy atom. The highest BCUT2D eigenvalue weighted by Crippen LogP contribution is 2.17. The van der Waals surface area contributed by atoms with Crippen LogP contribution in [0.1, 0.15) is 24.4 Å². The van der Waals surface area contributed by atoms with Crippen LogP contribution < -0.4 is 11.0 Å². The van der Waals surface area contributed by atoms with Gasteiger partial charge in [-0.3, -0.25) is 5.10 Å². The lowest BCUT2D eigenvalue weighted by atomic mass is 10.1. The van der Waals surface area contributed by atoms with Gasteiger partial charge in [0.05, 0.1) is 17.6 Å². The van der Waals surface area contributed by atoms with Gasteiger partial charge in [-0.1, -0.05) is 6.07 Å². The van der Waals surface area contributed by atoms with Gasteiger partial charge in [-0.2, -0.15) is 5.10 Å². The van der Waals surface area contributed by atoms with E-state index in [1.54, 1.807) is 0 Å². The summed E-state index contributed by atoms with van der Waals surface area (Å²) < 4.78 is 0. The van der Waals surface area contributed by atoms with Crippen LogP contribution in [0.5, 0.6) is 0 Å². The first-order valence-corrected chi connectivity index (χ1v) is 6.02. The van der Waals surface area contributed by atoms with Crippen molar-refractivity contribution in [1.29, 1.82) is 0 Å². The van der Waals surface area contributed by atoms with Crippen LogP contribution in [0.25, 0.3) is 11.0 Å². The van der Waals surface area contributed by atoms with E-state index in [0.29, 0.717) is 6.54 Å². The number of aromatic nitrogens is 5. The van der Waals surface area contributed by atoms with Gasteiger partial charge < -0.3 is 15.3 Å². The number of benzene rings is 1. The standard InChI is InChI=1S/C12H14N6O/c1-7(13-5-11-14-6-15-18-11)8-2-3-9-10(4-8)17-12(19)16-9/h2-4,6-7,13H,5H2,1H3,(H,14,15,18)(H2,16,17,19). The number of hydrogen-bond donors (Lipinski definition) is 4. The summed E-state index contributed by atoms with van der Waals surface area (Å²) in [5.41, 5.74) is 2.55. The van der Waals surface area contributed by atoms with Crippen molar-refractivity contribution in [3.05, 3.63) is 46.4 Å². The third-order valence-electron chi connectivity index (χ3n) is 3.08. The highest BCUT2D eigenvalue weighted by molar-refractivity contribution is 5.75. The minimum atomic E-state index is -0.186. The minimum absolute atomic E-state index is 0.146. The highest BCUT2D eigenvalue weighted by Gasteiger charge is 2.07. The Morgan fingerprint density at radius 1 is 1.32 bits per heavy atom. The van der Waals surface area contributed by atoms with Crippen LogP contribution in [0.2, 0.25) is 0 Å². The quantitative estimate of drug-likeness (QED) is 0.556.